The first-order valence-electron chi connectivity index (χ1n) is 18.3. The van der Waals surface area contributed by atoms with Crippen LogP contribution in [0.25, 0.3) is 75.2 Å². The second-order valence-corrected chi connectivity index (χ2v) is 15.3. The van der Waals surface area contributed by atoms with Gasteiger partial charge in [-0.2, -0.15) is 0 Å². The summed E-state index contributed by atoms with van der Waals surface area (Å²) in [7, 11) is 0. The Labute approximate surface area is 311 Å². The van der Waals surface area contributed by atoms with Crippen LogP contribution in [0.15, 0.2) is 182 Å². The lowest BCUT2D eigenvalue weighted by molar-refractivity contribution is 1.16. The first kappa shape index (κ1) is 30.2. The fourth-order valence-corrected chi connectivity index (χ4v) is 9.60. The molecule has 0 aliphatic carbocycles. The summed E-state index contributed by atoms with van der Waals surface area (Å²) in [5, 5.41) is 7.88. The van der Waals surface area contributed by atoms with Gasteiger partial charge in [0.25, 0.3) is 0 Å². The fourth-order valence-electron chi connectivity index (χ4n) is 8.53. The Morgan fingerprint density at radius 1 is 0.302 bits per heavy atom. The Hall–Kier alpha value is -6.42. The maximum Gasteiger partial charge on any atom is 0.0543 e. The van der Waals surface area contributed by atoms with Gasteiger partial charge in [0.2, 0.25) is 0 Å². The van der Waals surface area contributed by atoms with Crippen molar-refractivity contribution in [2.24, 2.45) is 0 Å². The summed E-state index contributed by atoms with van der Waals surface area (Å²) >= 11 is 1.89. The molecule has 0 bridgehead atoms. The first-order valence-corrected chi connectivity index (χ1v) is 19.2. The summed E-state index contributed by atoms with van der Waals surface area (Å²) in [5.41, 5.74) is 12.7. The van der Waals surface area contributed by atoms with Gasteiger partial charge in [-0.05, 0) is 114 Å². The third-order valence-electron chi connectivity index (χ3n) is 10.9. The van der Waals surface area contributed by atoms with Crippen LogP contribution in [0.4, 0.5) is 0 Å². The largest absolute Gasteiger partial charge is 0.309 e. The molecule has 11 aromatic rings. The average molecular weight is 695 g/mol. The minimum absolute atomic E-state index is 0.885. The van der Waals surface area contributed by atoms with Gasteiger partial charge in [-0.25, -0.2) is 0 Å². The minimum Gasteiger partial charge on any atom is -0.309 e. The topological polar surface area (TPSA) is 9.86 Å². The number of benzene rings is 8. The molecule has 0 aliphatic rings. The normalized spacial score (nSPS) is 11.9. The van der Waals surface area contributed by atoms with Crippen LogP contribution < -0.4 is 0 Å². The van der Waals surface area contributed by atoms with Crippen molar-refractivity contribution < 1.29 is 0 Å². The highest BCUT2D eigenvalue weighted by atomic mass is 32.1. The highest BCUT2D eigenvalue weighted by Crippen LogP contribution is 2.38. The highest BCUT2D eigenvalue weighted by Gasteiger charge is 2.15. The number of para-hydroxylation sites is 4. The predicted octanol–water partition coefficient (Wildman–Crippen LogP) is 13.4. The Bertz CT molecular complexity index is 3160. The van der Waals surface area contributed by atoms with Crippen molar-refractivity contribution in [3.63, 3.8) is 0 Å². The van der Waals surface area contributed by atoms with Gasteiger partial charge in [0.05, 0.1) is 22.1 Å². The lowest BCUT2D eigenvalue weighted by Gasteiger charge is -2.09. The molecular formula is C50H34N2S. The van der Waals surface area contributed by atoms with E-state index in [1.165, 1.54) is 97.4 Å². The van der Waals surface area contributed by atoms with Crippen LogP contribution in [0.5, 0.6) is 0 Å². The second-order valence-electron chi connectivity index (χ2n) is 14.2. The summed E-state index contributed by atoms with van der Waals surface area (Å²) in [6, 6.07) is 67.1. The Morgan fingerprint density at radius 2 is 0.717 bits per heavy atom. The van der Waals surface area contributed by atoms with Crippen LogP contribution in [-0.4, -0.2) is 9.13 Å². The molecule has 0 saturated carbocycles. The summed E-state index contributed by atoms with van der Waals surface area (Å²) in [4.78, 5) is 0. The zero-order chi connectivity index (χ0) is 34.9. The van der Waals surface area contributed by atoms with E-state index in [9.17, 15) is 0 Å². The number of rotatable bonds is 6. The smallest absolute Gasteiger partial charge is 0.0543 e. The molecule has 3 heteroatoms. The molecule has 8 aromatic carbocycles. The molecule has 53 heavy (non-hydrogen) atoms. The Balaban J connectivity index is 0.947. The SMILES string of the molecule is c1ccc(-n2c3ccccc3c3cc(Cc4ccc5sc6ccc(Cc7ccc8c9ccccc9n(-c9ccccc9)c8c7)cc6c5c4)ccc32)cc1. The zero-order valence-electron chi connectivity index (χ0n) is 29.0. The molecule has 11 rings (SSSR count). The Kier molecular flexibility index (Phi) is 6.89. The zero-order valence-corrected chi connectivity index (χ0v) is 29.9. The molecule has 0 amide bonds. The number of thiophene rings is 1. The van der Waals surface area contributed by atoms with E-state index in [2.05, 4.69) is 191 Å². The maximum atomic E-state index is 2.43. The highest BCUT2D eigenvalue weighted by molar-refractivity contribution is 7.25. The van der Waals surface area contributed by atoms with Crippen molar-refractivity contribution in [2.75, 3.05) is 0 Å². The third kappa shape index (κ3) is 5.00. The number of fused-ring (bicyclic) bond motifs is 9. The second kappa shape index (κ2) is 12.1. The van der Waals surface area contributed by atoms with Crippen LogP contribution in [0.3, 0.4) is 0 Å². The molecular weight excluding hydrogens is 661 g/mol. The van der Waals surface area contributed by atoms with E-state index in [4.69, 9.17) is 0 Å². The van der Waals surface area contributed by atoms with Crippen molar-refractivity contribution >= 4 is 75.1 Å². The van der Waals surface area contributed by atoms with Gasteiger partial charge in [-0.15, -0.1) is 11.3 Å². The standard InChI is InChI=1S/C50H34N2S/c1-3-11-37(12-4-1)51-46-18-10-8-16-40(46)42-29-33(20-24-47(42)51)27-34-21-25-49-43(30-34)44-31-35(22-26-50(44)53-49)28-36-19-23-41-39-15-7-9-17-45(39)52(48(41)32-36)38-13-5-2-6-14-38/h1-26,29-32H,27-28H2. The van der Waals surface area contributed by atoms with Gasteiger partial charge in [0.15, 0.2) is 0 Å². The van der Waals surface area contributed by atoms with E-state index in [1.807, 2.05) is 11.3 Å². The van der Waals surface area contributed by atoms with E-state index in [0.717, 1.165) is 12.8 Å². The van der Waals surface area contributed by atoms with Crippen molar-refractivity contribution in [1.29, 1.82) is 0 Å². The maximum absolute atomic E-state index is 2.43. The van der Waals surface area contributed by atoms with Crippen molar-refractivity contribution in [2.45, 2.75) is 12.8 Å². The van der Waals surface area contributed by atoms with Gasteiger partial charge >= 0.3 is 0 Å². The number of hydrogen-bond donors (Lipinski definition) is 0. The van der Waals surface area contributed by atoms with E-state index >= 15 is 0 Å². The summed E-state index contributed by atoms with van der Waals surface area (Å²) in [5.74, 6) is 0. The van der Waals surface area contributed by atoms with Gasteiger partial charge in [0, 0.05) is 53.1 Å². The Morgan fingerprint density at radius 3 is 1.32 bits per heavy atom. The molecule has 0 spiro atoms. The van der Waals surface area contributed by atoms with Crippen LogP contribution in [0.2, 0.25) is 0 Å². The number of nitrogens with zero attached hydrogens (tertiary/aromatic N) is 2. The molecule has 2 nitrogen and oxygen atoms in total. The van der Waals surface area contributed by atoms with Gasteiger partial charge < -0.3 is 9.13 Å². The summed E-state index contributed by atoms with van der Waals surface area (Å²) in [6.45, 7) is 0. The molecule has 0 fully saturated rings. The average Bonchev–Trinajstić information content (AvgIpc) is 3.85. The van der Waals surface area contributed by atoms with Gasteiger partial charge in [0.1, 0.15) is 0 Å². The fraction of sp³-hybridized carbons (Fsp3) is 0.0400. The van der Waals surface area contributed by atoms with Gasteiger partial charge in [-0.3, -0.25) is 0 Å². The van der Waals surface area contributed by atoms with Crippen LogP contribution in [0, 0.1) is 0 Å². The van der Waals surface area contributed by atoms with Crippen LogP contribution >= 0.6 is 11.3 Å². The van der Waals surface area contributed by atoms with Crippen molar-refractivity contribution in [3.8, 4) is 11.4 Å². The molecule has 0 atom stereocenters. The third-order valence-corrected chi connectivity index (χ3v) is 12.1. The van der Waals surface area contributed by atoms with Gasteiger partial charge in [-0.1, -0.05) is 103 Å². The predicted molar refractivity (Wildman–Crippen MR) is 227 cm³/mol. The van der Waals surface area contributed by atoms with Crippen LogP contribution in [0.1, 0.15) is 22.3 Å². The summed E-state index contributed by atoms with van der Waals surface area (Å²) < 4.78 is 7.48. The van der Waals surface area contributed by atoms with Crippen molar-refractivity contribution in [3.05, 3.63) is 204 Å². The van der Waals surface area contributed by atoms with Crippen LogP contribution in [-0.2, 0) is 12.8 Å². The molecule has 3 heterocycles. The molecule has 0 unspecified atom stereocenters. The van der Waals surface area contributed by atoms with E-state index in [-0.39, 0.29) is 0 Å². The quantitative estimate of drug-likeness (QED) is 0.164. The molecule has 0 N–H and O–H groups in total. The van der Waals surface area contributed by atoms with E-state index in [0.29, 0.717) is 0 Å². The summed E-state index contributed by atoms with van der Waals surface area (Å²) in [6.07, 6.45) is 1.78. The van der Waals surface area contributed by atoms with Crippen molar-refractivity contribution in [1.82, 2.24) is 9.13 Å². The van der Waals surface area contributed by atoms with E-state index < -0.39 is 0 Å². The molecule has 0 saturated heterocycles. The molecule has 3 aromatic heterocycles. The number of aromatic nitrogens is 2. The first-order chi connectivity index (χ1) is 26.2. The molecule has 250 valence electrons. The van der Waals surface area contributed by atoms with E-state index in [1.54, 1.807) is 0 Å². The minimum atomic E-state index is 0.885. The lowest BCUT2D eigenvalue weighted by atomic mass is 9.99. The molecule has 0 aliphatic heterocycles. The number of hydrogen-bond acceptors (Lipinski definition) is 1. The molecule has 0 radical (unpaired) electrons. The lowest BCUT2D eigenvalue weighted by Crippen LogP contribution is -1.94. The monoisotopic (exact) mass is 694 g/mol.